The van der Waals surface area contributed by atoms with Crippen LogP contribution < -0.4 is 5.73 Å². The number of hydrogen-bond acceptors (Lipinski definition) is 3. The summed E-state index contributed by atoms with van der Waals surface area (Å²) in [6.07, 6.45) is 4.32. The Morgan fingerprint density at radius 3 is 2.44 bits per heavy atom. The molecule has 0 aliphatic carbocycles. The van der Waals surface area contributed by atoms with Gasteiger partial charge in [0.15, 0.2) is 0 Å². The lowest BCUT2D eigenvalue weighted by Crippen LogP contribution is -2.46. The van der Waals surface area contributed by atoms with E-state index in [0.717, 1.165) is 53.4 Å². The second-order valence-corrected chi connectivity index (χ2v) is 8.62. The van der Waals surface area contributed by atoms with E-state index < -0.39 is 0 Å². The van der Waals surface area contributed by atoms with E-state index >= 15 is 0 Å². The first-order valence-electron chi connectivity index (χ1n) is 9.69. The number of hydrogen-bond donors (Lipinski definition) is 1. The number of allylic oxidation sites excluding steroid dienone is 2. The molecule has 5 nitrogen and oxygen atoms in total. The van der Waals surface area contributed by atoms with Crippen LogP contribution in [0.1, 0.15) is 51.9 Å². The Kier molecular flexibility index (Phi) is 6.33. The lowest BCUT2D eigenvalue weighted by Gasteiger charge is -2.31. The first kappa shape index (κ1) is 20.0. The van der Waals surface area contributed by atoms with Crippen molar-refractivity contribution in [3.8, 4) is 0 Å². The summed E-state index contributed by atoms with van der Waals surface area (Å²) < 4.78 is 3.12. The van der Waals surface area contributed by atoms with Gasteiger partial charge in [0.1, 0.15) is 6.04 Å². The van der Waals surface area contributed by atoms with Crippen molar-refractivity contribution in [3.05, 3.63) is 17.0 Å². The molecule has 2 rings (SSSR count). The average Bonchev–Trinajstić information content (AvgIpc) is 3.11. The highest BCUT2D eigenvalue weighted by atomic mass is 15.4. The molecule has 2 N–H and O–H groups in total. The van der Waals surface area contributed by atoms with E-state index in [2.05, 4.69) is 58.4 Å². The Bertz CT molecular complexity index is 617. The fraction of sp³-hybridized carbons (Fsp3) is 0.750. The predicted octanol–water partition coefficient (Wildman–Crippen LogP) is 3.01. The molecule has 0 saturated carbocycles. The van der Waals surface area contributed by atoms with Crippen LogP contribution >= 0.6 is 0 Å². The lowest BCUT2D eigenvalue weighted by atomic mass is 10.1. The van der Waals surface area contributed by atoms with Crippen LogP contribution in [0.4, 0.5) is 5.69 Å². The number of likely N-dealkylation sites (N-methyl/N-ethyl adjacent to an activating group) is 1. The fourth-order valence-electron chi connectivity index (χ4n) is 3.65. The molecule has 0 amide bonds. The molecule has 1 saturated heterocycles. The molecule has 1 aliphatic rings. The van der Waals surface area contributed by atoms with E-state index in [0.29, 0.717) is 0 Å². The van der Waals surface area contributed by atoms with E-state index in [9.17, 15) is 0 Å². The molecular weight excluding hydrogens is 310 g/mol. The molecular formula is C20H38N5+. The second-order valence-electron chi connectivity index (χ2n) is 8.62. The summed E-state index contributed by atoms with van der Waals surface area (Å²) in [6, 6.07) is 0.760. The van der Waals surface area contributed by atoms with Crippen molar-refractivity contribution in [3.63, 3.8) is 0 Å². The Morgan fingerprint density at radius 1 is 1.24 bits per heavy atom. The van der Waals surface area contributed by atoms with Gasteiger partial charge in [0.25, 0.3) is 0 Å². The third-order valence-corrected chi connectivity index (χ3v) is 5.71. The zero-order valence-electron chi connectivity index (χ0n) is 17.4. The van der Waals surface area contributed by atoms with Crippen LogP contribution in [0.15, 0.2) is 5.57 Å². The number of aromatic nitrogens is 2. The van der Waals surface area contributed by atoms with Crippen LogP contribution in [0.5, 0.6) is 0 Å². The zero-order valence-corrected chi connectivity index (χ0v) is 17.4. The maximum absolute atomic E-state index is 6.40. The SMILES string of the molecule is CCc1c(N)c(CCCN2CCC([N+](C)(C)C)C2)nn1C(C)=C(C)C. The molecule has 25 heavy (non-hydrogen) atoms. The van der Waals surface area contributed by atoms with Crippen molar-refractivity contribution in [1.82, 2.24) is 14.7 Å². The molecule has 0 bridgehead atoms. The molecule has 0 spiro atoms. The normalized spacial score (nSPS) is 18.8. The van der Waals surface area contributed by atoms with Crippen molar-refractivity contribution in [2.24, 2.45) is 0 Å². The predicted molar refractivity (Wildman–Crippen MR) is 107 cm³/mol. The minimum absolute atomic E-state index is 0.760. The molecule has 1 aromatic heterocycles. The first-order chi connectivity index (χ1) is 11.6. The van der Waals surface area contributed by atoms with Gasteiger partial charge < -0.3 is 10.2 Å². The van der Waals surface area contributed by atoms with E-state index in [-0.39, 0.29) is 0 Å². The van der Waals surface area contributed by atoms with Gasteiger partial charge in [-0.15, -0.1) is 0 Å². The van der Waals surface area contributed by atoms with Crippen molar-refractivity contribution in [2.45, 2.75) is 59.4 Å². The molecule has 1 atom stereocenters. The lowest BCUT2D eigenvalue weighted by molar-refractivity contribution is -0.893. The second kappa shape index (κ2) is 7.92. The molecule has 142 valence electrons. The molecule has 2 heterocycles. The summed E-state index contributed by atoms with van der Waals surface area (Å²) in [5.41, 5.74) is 12.0. The number of quaternary nitrogens is 1. The molecule has 0 radical (unpaired) electrons. The highest BCUT2D eigenvalue weighted by molar-refractivity contribution is 5.56. The third-order valence-electron chi connectivity index (χ3n) is 5.71. The van der Waals surface area contributed by atoms with Gasteiger partial charge in [-0.2, -0.15) is 5.10 Å². The number of nitrogens with two attached hydrogens (primary N) is 1. The van der Waals surface area contributed by atoms with Crippen molar-refractivity contribution >= 4 is 11.4 Å². The highest BCUT2D eigenvalue weighted by Crippen LogP contribution is 2.24. The molecule has 1 aromatic rings. The van der Waals surface area contributed by atoms with Crippen LogP contribution in [0, 0.1) is 0 Å². The summed E-state index contributed by atoms with van der Waals surface area (Å²) in [6.45, 7) is 12.1. The number of nitrogen functional groups attached to an aromatic ring is 1. The van der Waals surface area contributed by atoms with E-state index in [1.165, 1.54) is 30.8 Å². The van der Waals surface area contributed by atoms with Gasteiger partial charge in [0.05, 0.1) is 44.8 Å². The quantitative estimate of drug-likeness (QED) is 0.771. The monoisotopic (exact) mass is 348 g/mol. The zero-order chi connectivity index (χ0) is 18.8. The van der Waals surface area contributed by atoms with Crippen LogP contribution in [0.2, 0.25) is 0 Å². The van der Waals surface area contributed by atoms with E-state index in [4.69, 9.17) is 10.8 Å². The Labute approximate surface area is 154 Å². The van der Waals surface area contributed by atoms with Crippen LogP contribution in [-0.2, 0) is 12.8 Å². The molecule has 5 heteroatoms. The summed E-state index contributed by atoms with van der Waals surface area (Å²) in [4.78, 5) is 2.60. The van der Waals surface area contributed by atoms with Crippen LogP contribution in [-0.4, -0.2) is 66.0 Å². The molecule has 1 unspecified atom stereocenters. The van der Waals surface area contributed by atoms with Gasteiger partial charge in [-0.3, -0.25) is 4.90 Å². The van der Waals surface area contributed by atoms with Crippen LogP contribution in [0.25, 0.3) is 5.70 Å². The minimum atomic E-state index is 0.760. The Hall–Kier alpha value is -1.33. The molecule has 1 fully saturated rings. The summed E-state index contributed by atoms with van der Waals surface area (Å²) >= 11 is 0. The largest absolute Gasteiger partial charge is 0.396 e. The summed E-state index contributed by atoms with van der Waals surface area (Å²) in [7, 11) is 6.91. The van der Waals surface area contributed by atoms with Gasteiger partial charge >= 0.3 is 0 Å². The van der Waals surface area contributed by atoms with Gasteiger partial charge in [-0.25, -0.2) is 4.68 Å². The number of nitrogens with zero attached hydrogens (tertiary/aromatic N) is 4. The van der Waals surface area contributed by atoms with Crippen LogP contribution in [0.3, 0.4) is 0 Å². The minimum Gasteiger partial charge on any atom is -0.396 e. The Balaban J connectivity index is 1.97. The van der Waals surface area contributed by atoms with Gasteiger partial charge in [0.2, 0.25) is 0 Å². The Morgan fingerprint density at radius 2 is 1.92 bits per heavy atom. The van der Waals surface area contributed by atoms with Gasteiger partial charge in [0, 0.05) is 18.7 Å². The van der Waals surface area contributed by atoms with Crippen molar-refractivity contribution < 1.29 is 4.48 Å². The molecule has 1 aliphatic heterocycles. The summed E-state index contributed by atoms with van der Waals surface area (Å²) in [5, 5.41) is 4.83. The fourth-order valence-corrected chi connectivity index (χ4v) is 3.65. The number of anilines is 1. The topological polar surface area (TPSA) is 47.1 Å². The van der Waals surface area contributed by atoms with Crippen molar-refractivity contribution in [2.75, 3.05) is 46.5 Å². The van der Waals surface area contributed by atoms with Gasteiger partial charge in [-0.1, -0.05) is 12.5 Å². The van der Waals surface area contributed by atoms with Gasteiger partial charge in [-0.05, 0) is 46.6 Å². The number of rotatable bonds is 7. The third kappa shape index (κ3) is 4.64. The molecule has 0 aromatic carbocycles. The maximum atomic E-state index is 6.40. The maximum Gasteiger partial charge on any atom is 0.102 e. The first-order valence-corrected chi connectivity index (χ1v) is 9.69. The van der Waals surface area contributed by atoms with Crippen molar-refractivity contribution in [1.29, 1.82) is 0 Å². The number of aryl methyl sites for hydroxylation is 1. The smallest absolute Gasteiger partial charge is 0.102 e. The standard InChI is InChI=1S/C20H38N5/c1-8-19-20(21)18(22-24(19)16(4)15(2)3)10-9-12-23-13-11-17(14-23)25(5,6)7/h17H,8-14,21H2,1-7H3/q+1. The van der Waals surface area contributed by atoms with E-state index in [1.807, 2.05) is 0 Å². The average molecular weight is 349 g/mol. The van der Waals surface area contributed by atoms with E-state index in [1.54, 1.807) is 0 Å². The summed E-state index contributed by atoms with van der Waals surface area (Å²) in [5.74, 6) is 0. The number of likely N-dealkylation sites (tertiary alicyclic amines) is 1. The highest BCUT2D eigenvalue weighted by Gasteiger charge is 2.31.